The van der Waals surface area contributed by atoms with E-state index in [0.29, 0.717) is 12.4 Å². The molecule has 0 aliphatic rings. The lowest BCUT2D eigenvalue weighted by atomic mass is 10.2. The van der Waals surface area contributed by atoms with Crippen LogP contribution in [0.2, 0.25) is 0 Å². The molecule has 0 saturated heterocycles. The summed E-state index contributed by atoms with van der Waals surface area (Å²) in [6.45, 7) is 2.13. The number of ether oxygens (including phenoxy) is 1. The first-order valence-corrected chi connectivity index (χ1v) is 5.27. The van der Waals surface area contributed by atoms with Gasteiger partial charge in [0.05, 0.1) is 25.3 Å². The number of furan rings is 1. The Hall–Kier alpha value is -1.37. The minimum Gasteiger partial charge on any atom is -0.475 e. The summed E-state index contributed by atoms with van der Waals surface area (Å²) in [4.78, 5) is 10.6. The number of rotatable bonds is 7. The molecule has 2 unspecified atom stereocenters. The summed E-state index contributed by atoms with van der Waals surface area (Å²) in [6, 6.07) is 2.59. The zero-order chi connectivity index (χ0) is 12.8. The maximum atomic E-state index is 10.6. The van der Waals surface area contributed by atoms with Gasteiger partial charge in [0.1, 0.15) is 5.76 Å². The van der Waals surface area contributed by atoms with Gasteiger partial charge in [-0.1, -0.05) is 0 Å². The molecule has 2 atom stereocenters. The Kier molecular flexibility index (Phi) is 5.14. The number of carbonyl (C=O) groups is 1. The van der Waals surface area contributed by atoms with E-state index in [4.69, 9.17) is 19.4 Å². The van der Waals surface area contributed by atoms with Crippen molar-refractivity contribution in [3.63, 3.8) is 0 Å². The summed E-state index contributed by atoms with van der Waals surface area (Å²) in [5.41, 5.74) is 0. The molecular formula is C11H17NO5. The zero-order valence-corrected chi connectivity index (χ0v) is 9.84. The maximum absolute atomic E-state index is 10.6. The number of aromatic carboxylic acids is 1. The number of aliphatic hydroxyl groups excluding tert-OH is 1. The second-order valence-electron chi connectivity index (χ2n) is 3.73. The van der Waals surface area contributed by atoms with Gasteiger partial charge in [-0.05, 0) is 19.1 Å². The summed E-state index contributed by atoms with van der Waals surface area (Å²) >= 11 is 0. The van der Waals surface area contributed by atoms with Crippen molar-refractivity contribution in [2.75, 3.05) is 20.3 Å². The molecule has 0 saturated carbocycles. The van der Waals surface area contributed by atoms with Gasteiger partial charge in [0.2, 0.25) is 5.76 Å². The smallest absolute Gasteiger partial charge is 0.371 e. The molecule has 1 aromatic rings. The van der Waals surface area contributed by atoms with Crippen LogP contribution in [0.5, 0.6) is 0 Å². The van der Waals surface area contributed by atoms with Gasteiger partial charge in [-0.3, -0.25) is 0 Å². The zero-order valence-electron chi connectivity index (χ0n) is 9.84. The van der Waals surface area contributed by atoms with E-state index in [0.717, 1.165) is 0 Å². The molecule has 0 fully saturated rings. The highest BCUT2D eigenvalue weighted by atomic mass is 16.5. The van der Waals surface area contributed by atoms with Gasteiger partial charge in [-0.2, -0.15) is 0 Å². The summed E-state index contributed by atoms with van der Waals surface area (Å²) in [5, 5.41) is 20.9. The van der Waals surface area contributed by atoms with Gasteiger partial charge in [0.25, 0.3) is 0 Å². The molecule has 1 aromatic heterocycles. The number of methoxy groups -OCH3 is 1. The lowest BCUT2D eigenvalue weighted by molar-refractivity contribution is 0.0658. The predicted octanol–water partition coefficient (Wildman–Crippen LogP) is 0.636. The fourth-order valence-corrected chi connectivity index (χ4v) is 1.49. The number of hydrogen-bond donors (Lipinski definition) is 3. The van der Waals surface area contributed by atoms with Crippen LogP contribution in [0.4, 0.5) is 0 Å². The Morgan fingerprint density at radius 2 is 2.29 bits per heavy atom. The molecule has 0 spiro atoms. The van der Waals surface area contributed by atoms with E-state index in [-0.39, 0.29) is 24.5 Å². The summed E-state index contributed by atoms with van der Waals surface area (Å²) in [7, 11) is 1.55. The Morgan fingerprint density at radius 3 is 2.76 bits per heavy atom. The average Bonchev–Trinajstić information content (AvgIpc) is 2.77. The van der Waals surface area contributed by atoms with Crippen LogP contribution >= 0.6 is 0 Å². The highest BCUT2D eigenvalue weighted by Gasteiger charge is 2.17. The van der Waals surface area contributed by atoms with Gasteiger partial charge in [-0.25, -0.2) is 4.79 Å². The van der Waals surface area contributed by atoms with Crippen LogP contribution in [0.25, 0.3) is 0 Å². The van der Waals surface area contributed by atoms with E-state index in [1.54, 1.807) is 13.2 Å². The van der Waals surface area contributed by atoms with Crippen molar-refractivity contribution in [1.82, 2.24) is 5.32 Å². The summed E-state index contributed by atoms with van der Waals surface area (Å²) in [6.07, 6.45) is 0. The molecule has 0 aromatic carbocycles. The van der Waals surface area contributed by atoms with Crippen molar-refractivity contribution < 1.29 is 24.2 Å². The first-order valence-electron chi connectivity index (χ1n) is 5.27. The highest BCUT2D eigenvalue weighted by molar-refractivity contribution is 5.84. The molecule has 17 heavy (non-hydrogen) atoms. The fourth-order valence-electron chi connectivity index (χ4n) is 1.49. The van der Waals surface area contributed by atoms with E-state index in [1.807, 2.05) is 6.92 Å². The van der Waals surface area contributed by atoms with Crippen LogP contribution in [0, 0.1) is 0 Å². The summed E-state index contributed by atoms with van der Waals surface area (Å²) in [5.74, 6) is -0.683. The van der Waals surface area contributed by atoms with E-state index in [1.165, 1.54) is 6.07 Å². The molecule has 0 aliphatic heterocycles. The lowest BCUT2D eigenvalue weighted by Crippen LogP contribution is -2.37. The van der Waals surface area contributed by atoms with Crippen LogP contribution in [0.15, 0.2) is 16.5 Å². The molecule has 96 valence electrons. The molecule has 0 bridgehead atoms. The van der Waals surface area contributed by atoms with Crippen LogP contribution in [-0.4, -0.2) is 42.5 Å². The number of hydrogen-bond acceptors (Lipinski definition) is 5. The molecule has 0 amide bonds. The number of carboxylic acid groups (broad SMARTS) is 1. The third-order valence-electron chi connectivity index (χ3n) is 2.34. The molecule has 6 heteroatoms. The summed E-state index contributed by atoms with van der Waals surface area (Å²) < 4.78 is 10.1. The number of aliphatic hydroxyl groups is 1. The quantitative estimate of drug-likeness (QED) is 0.650. The first-order chi connectivity index (χ1) is 8.08. The van der Waals surface area contributed by atoms with Crippen molar-refractivity contribution in [3.8, 4) is 0 Å². The van der Waals surface area contributed by atoms with Crippen molar-refractivity contribution in [2.45, 2.75) is 19.0 Å². The molecule has 1 rings (SSSR count). The van der Waals surface area contributed by atoms with Gasteiger partial charge < -0.3 is 24.7 Å². The first kappa shape index (κ1) is 13.7. The number of nitrogens with one attached hydrogen (secondary N) is 1. The van der Waals surface area contributed by atoms with Crippen molar-refractivity contribution >= 4 is 5.97 Å². The monoisotopic (exact) mass is 243 g/mol. The second kappa shape index (κ2) is 6.39. The molecule has 6 nitrogen and oxygen atoms in total. The minimum atomic E-state index is -1.10. The number of carboxylic acids is 1. The van der Waals surface area contributed by atoms with E-state index in [9.17, 15) is 4.79 Å². The van der Waals surface area contributed by atoms with E-state index < -0.39 is 5.97 Å². The normalized spacial score (nSPS) is 14.5. The van der Waals surface area contributed by atoms with E-state index in [2.05, 4.69) is 5.32 Å². The third kappa shape index (κ3) is 3.85. The SMILES string of the molecule is COCC(CO)NC(C)c1ccc(C(=O)O)o1. The molecule has 1 heterocycles. The maximum Gasteiger partial charge on any atom is 0.371 e. The second-order valence-corrected chi connectivity index (χ2v) is 3.73. The fraction of sp³-hybridized carbons (Fsp3) is 0.545. The van der Waals surface area contributed by atoms with Crippen LogP contribution < -0.4 is 5.32 Å². The van der Waals surface area contributed by atoms with Gasteiger partial charge in [-0.15, -0.1) is 0 Å². The van der Waals surface area contributed by atoms with Crippen molar-refractivity contribution in [2.24, 2.45) is 0 Å². The van der Waals surface area contributed by atoms with Crippen molar-refractivity contribution in [1.29, 1.82) is 0 Å². The predicted molar refractivity (Wildman–Crippen MR) is 60.0 cm³/mol. The van der Waals surface area contributed by atoms with Crippen molar-refractivity contribution in [3.05, 3.63) is 23.7 Å². The van der Waals surface area contributed by atoms with E-state index >= 15 is 0 Å². The minimum absolute atomic E-state index is 0.0648. The standard InChI is InChI=1S/C11H17NO5/c1-7(12-8(5-13)6-16-2)9-3-4-10(17-9)11(14)15/h3-4,7-8,12-13H,5-6H2,1-2H3,(H,14,15). The molecule has 0 aliphatic carbocycles. The Labute approximate surface area is 99.2 Å². The van der Waals surface area contributed by atoms with Crippen LogP contribution in [-0.2, 0) is 4.74 Å². The Balaban J connectivity index is 2.61. The average molecular weight is 243 g/mol. The van der Waals surface area contributed by atoms with Gasteiger partial charge in [0, 0.05) is 7.11 Å². The molecule has 0 radical (unpaired) electrons. The van der Waals surface area contributed by atoms with Crippen LogP contribution in [0.3, 0.4) is 0 Å². The lowest BCUT2D eigenvalue weighted by Gasteiger charge is -2.19. The Bertz CT molecular complexity index is 362. The van der Waals surface area contributed by atoms with Gasteiger partial charge >= 0.3 is 5.97 Å². The third-order valence-corrected chi connectivity index (χ3v) is 2.34. The van der Waals surface area contributed by atoms with Crippen LogP contribution in [0.1, 0.15) is 29.3 Å². The molecule has 3 N–H and O–H groups in total. The van der Waals surface area contributed by atoms with Gasteiger partial charge in [0.15, 0.2) is 0 Å². The Morgan fingerprint density at radius 1 is 1.59 bits per heavy atom. The molecular weight excluding hydrogens is 226 g/mol. The largest absolute Gasteiger partial charge is 0.475 e. The highest BCUT2D eigenvalue weighted by Crippen LogP contribution is 2.16. The topological polar surface area (TPSA) is 91.9 Å².